The molecule has 1 unspecified atom stereocenters. The molecule has 0 aliphatic heterocycles. The highest BCUT2D eigenvalue weighted by molar-refractivity contribution is 5.47. The summed E-state index contributed by atoms with van der Waals surface area (Å²) in [7, 11) is 0. The zero-order chi connectivity index (χ0) is 8.10. The van der Waals surface area contributed by atoms with Crippen molar-refractivity contribution in [1.29, 1.82) is 0 Å². The largest absolute Gasteiger partial charge is 0.355 e. The first-order chi connectivity index (χ1) is 5.33. The van der Waals surface area contributed by atoms with Crippen LogP contribution in [0, 0.1) is 5.92 Å². The van der Waals surface area contributed by atoms with Gasteiger partial charge in [0.1, 0.15) is 0 Å². The van der Waals surface area contributed by atoms with Crippen molar-refractivity contribution in [2.24, 2.45) is 5.92 Å². The average Bonchev–Trinajstić information content (AvgIpc) is 2.04. The molecule has 0 aromatic heterocycles. The molecule has 1 aliphatic rings. The maximum absolute atomic E-state index is 9.95. The van der Waals surface area contributed by atoms with Crippen molar-refractivity contribution in [2.45, 2.75) is 13.3 Å². The van der Waals surface area contributed by atoms with Gasteiger partial charge < -0.3 is 5.32 Å². The molecule has 0 bridgehead atoms. The van der Waals surface area contributed by atoms with Gasteiger partial charge in [0.2, 0.25) is 6.41 Å². The van der Waals surface area contributed by atoms with Crippen molar-refractivity contribution < 1.29 is 4.79 Å². The molecule has 1 amide bonds. The van der Waals surface area contributed by atoms with Crippen LogP contribution in [-0.2, 0) is 4.79 Å². The van der Waals surface area contributed by atoms with Crippen LogP contribution in [0.4, 0.5) is 0 Å². The van der Waals surface area contributed by atoms with Gasteiger partial charge in [-0.25, -0.2) is 0 Å². The fraction of sp³-hybridized carbons (Fsp3) is 0.444. The summed E-state index contributed by atoms with van der Waals surface area (Å²) in [5.74, 6) is 0.648. The van der Waals surface area contributed by atoms with Gasteiger partial charge in [0.15, 0.2) is 0 Å². The molecule has 11 heavy (non-hydrogen) atoms. The molecule has 1 aliphatic carbocycles. The predicted molar refractivity (Wildman–Crippen MR) is 45.1 cm³/mol. The Morgan fingerprint density at radius 3 is 3.18 bits per heavy atom. The van der Waals surface area contributed by atoms with Crippen LogP contribution in [0.2, 0.25) is 0 Å². The van der Waals surface area contributed by atoms with Crippen LogP contribution in [0.3, 0.4) is 0 Å². The SMILES string of the molecule is CC1C=CC(CNC=O)=CC1. The molecule has 60 valence electrons. The second kappa shape index (κ2) is 3.96. The Labute approximate surface area is 67.0 Å². The van der Waals surface area contributed by atoms with E-state index in [9.17, 15) is 4.79 Å². The summed E-state index contributed by atoms with van der Waals surface area (Å²) in [5, 5.41) is 2.63. The summed E-state index contributed by atoms with van der Waals surface area (Å²) >= 11 is 0. The minimum atomic E-state index is 0.648. The minimum Gasteiger partial charge on any atom is -0.355 e. The van der Waals surface area contributed by atoms with Crippen LogP contribution in [0.5, 0.6) is 0 Å². The van der Waals surface area contributed by atoms with Crippen LogP contribution >= 0.6 is 0 Å². The van der Waals surface area contributed by atoms with Crippen LogP contribution in [0.15, 0.2) is 23.8 Å². The molecule has 0 aromatic carbocycles. The first-order valence-corrected chi connectivity index (χ1v) is 3.87. The lowest BCUT2D eigenvalue weighted by Crippen LogP contribution is -2.14. The number of rotatable bonds is 3. The number of amides is 1. The van der Waals surface area contributed by atoms with Crippen molar-refractivity contribution in [3.63, 3.8) is 0 Å². The van der Waals surface area contributed by atoms with Crippen molar-refractivity contribution >= 4 is 6.41 Å². The number of carbonyl (C=O) groups is 1. The number of hydrogen-bond acceptors (Lipinski definition) is 1. The molecule has 1 N–H and O–H groups in total. The Kier molecular flexibility index (Phi) is 2.90. The second-order valence-corrected chi connectivity index (χ2v) is 2.85. The molecular formula is C9H13NO. The van der Waals surface area contributed by atoms with E-state index in [0.717, 1.165) is 12.8 Å². The standard InChI is InChI=1S/C9H13NO/c1-8-2-4-9(5-3-8)6-10-7-11/h2,4-5,7-8H,3,6H2,1H3,(H,10,11). The van der Waals surface area contributed by atoms with E-state index < -0.39 is 0 Å². The van der Waals surface area contributed by atoms with Gasteiger partial charge >= 0.3 is 0 Å². The summed E-state index contributed by atoms with van der Waals surface area (Å²) in [6, 6.07) is 0. The van der Waals surface area contributed by atoms with Gasteiger partial charge in [-0.05, 0) is 17.9 Å². The Balaban J connectivity index is 2.37. The maximum Gasteiger partial charge on any atom is 0.207 e. The third-order valence-electron chi connectivity index (χ3n) is 1.78. The van der Waals surface area contributed by atoms with Crippen LogP contribution in [0.25, 0.3) is 0 Å². The fourth-order valence-corrected chi connectivity index (χ4v) is 1.06. The van der Waals surface area contributed by atoms with Gasteiger partial charge in [0.05, 0.1) is 0 Å². The lowest BCUT2D eigenvalue weighted by molar-refractivity contribution is -0.109. The Morgan fingerprint density at radius 1 is 1.82 bits per heavy atom. The Hall–Kier alpha value is -1.05. The van der Waals surface area contributed by atoms with E-state index in [1.54, 1.807) is 0 Å². The van der Waals surface area contributed by atoms with E-state index in [4.69, 9.17) is 0 Å². The van der Waals surface area contributed by atoms with Crippen molar-refractivity contribution in [3.8, 4) is 0 Å². The highest BCUT2D eigenvalue weighted by atomic mass is 16.1. The Bertz CT molecular complexity index is 194. The number of hydrogen-bond donors (Lipinski definition) is 1. The lowest BCUT2D eigenvalue weighted by atomic mass is 9.99. The zero-order valence-electron chi connectivity index (χ0n) is 6.71. The van der Waals surface area contributed by atoms with E-state index in [-0.39, 0.29) is 0 Å². The summed E-state index contributed by atoms with van der Waals surface area (Å²) < 4.78 is 0. The smallest absolute Gasteiger partial charge is 0.207 e. The number of nitrogens with one attached hydrogen (secondary N) is 1. The van der Waals surface area contributed by atoms with Gasteiger partial charge in [0.25, 0.3) is 0 Å². The van der Waals surface area contributed by atoms with E-state index in [0.29, 0.717) is 12.5 Å². The van der Waals surface area contributed by atoms with Crippen molar-refractivity contribution in [2.75, 3.05) is 6.54 Å². The summed E-state index contributed by atoms with van der Waals surface area (Å²) in [5.41, 5.74) is 1.20. The first-order valence-electron chi connectivity index (χ1n) is 3.87. The third kappa shape index (κ3) is 2.58. The predicted octanol–water partition coefficient (Wildman–Crippen LogP) is 1.25. The monoisotopic (exact) mass is 151 g/mol. The molecular weight excluding hydrogens is 138 g/mol. The lowest BCUT2D eigenvalue weighted by Gasteiger charge is -2.10. The van der Waals surface area contributed by atoms with Crippen LogP contribution in [0.1, 0.15) is 13.3 Å². The highest BCUT2D eigenvalue weighted by Crippen LogP contribution is 2.14. The fourth-order valence-electron chi connectivity index (χ4n) is 1.06. The quantitative estimate of drug-likeness (QED) is 0.604. The molecule has 2 heteroatoms. The van der Waals surface area contributed by atoms with Crippen molar-refractivity contribution in [1.82, 2.24) is 5.32 Å². The van der Waals surface area contributed by atoms with E-state index in [1.165, 1.54) is 5.57 Å². The first kappa shape index (κ1) is 8.05. The molecule has 0 saturated heterocycles. The molecule has 0 radical (unpaired) electrons. The van der Waals surface area contributed by atoms with Crippen molar-refractivity contribution in [3.05, 3.63) is 23.8 Å². The summed E-state index contributed by atoms with van der Waals surface area (Å²) in [4.78, 5) is 9.95. The summed E-state index contributed by atoms with van der Waals surface area (Å²) in [6.45, 7) is 2.84. The van der Waals surface area contributed by atoms with E-state index in [1.807, 2.05) is 0 Å². The van der Waals surface area contributed by atoms with Gasteiger partial charge in [-0.1, -0.05) is 25.2 Å². The second-order valence-electron chi connectivity index (χ2n) is 2.85. The topological polar surface area (TPSA) is 29.1 Å². The normalized spacial score (nSPS) is 22.6. The molecule has 0 heterocycles. The summed E-state index contributed by atoms with van der Waals surface area (Å²) in [6.07, 6.45) is 8.23. The van der Waals surface area contributed by atoms with E-state index >= 15 is 0 Å². The molecule has 0 saturated carbocycles. The Morgan fingerprint density at radius 2 is 2.64 bits per heavy atom. The average molecular weight is 151 g/mol. The van der Waals surface area contributed by atoms with Gasteiger partial charge in [0, 0.05) is 6.54 Å². The van der Waals surface area contributed by atoms with Gasteiger partial charge in [-0.2, -0.15) is 0 Å². The van der Waals surface area contributed by atoms with Gasteiger partial charge in [-0.3, -0.25) is 4.79 Å². The van der Waals surface area contributed by atoms with E-state index in [2.05, 4.69) is 30.5 Å². The molecule has 0 aromatic rings. The molecule has 0 spiro atoms. The van der Waals surface area contributed by atoms with Gasteiger partial charge in [-0.15, -0.1) is 0 Å². The maximum atomic E-state index is 9.95. The zero-order valence-corrected chi connectivity index (χ0v) is 6.71. The minimum absolute atomic E-state index is 0.648. The highest BCUT2D eigenvalue weighted by Gasteiger charge is 2.01. The third-order valence-corrected chi connectivity index (χ3v) is 1.78. The number of allylic oxidation sites excluding steroid dienone is 2. The molecule has 1 atom stereocenters. The number of carbonyl (C=O) groups excluding carboxylic acids is 1. The van der Waals surface area contributed by atoms with Crippen LogP contribution in [-0.4, -0.2) is 13.0 Å². The molecule has 2 nitrogen and oxygen atoms in total. The molecule has 0 fully saturated rings. The van der Waals surface area contributed by atoms with Crippen LogP contribution < -0.4 is 5.32 Å². The molecule has 1 rings (SSSR count).